The second-order valence-electron chi connectivity index (χ2n) is 1.69. The Balaban J connectivity index is 3.28. The fourth-order valence-electron chi connectivity index (χ4n) is 0.328. The van der Waals surface area contributed by atoms with Gasteiger partial charge in [-0.05, 0) is 0 Å². The third-order valence-electron chi connectivity index (χ3n) is 0.802. The van der Waals surface area contributed by atoms with Crippen LogP contribution in [0.5, 0.6) is 0 Å². The number of hydrogen-bond acceptors (Lipinski definition) is 3. The van der Waals surface area contributed by atoms with Gasteiger partial charge in [0.2, 0.25) is 0 Å². The van der Waals surface area contributed by atoms with E-state index in [9.17, 15) is 4.79 Å². The van der Waals surface area contributed by atoms with Gasteiger partial charge in [-0.25, -0.2) is 4.79 Å². The molecule has 3 heteroatoms. The minimum Gasteiger partial charge on any atom is -0.513 e. The molecule has 0 aromatic rings. The molecule has 0 heterocycles. The van der Waals surface area contributed by atoms with E-state index in [1.807, 2.05) is 0 Å². The van der Waals surface area contributed by atoms with Crippen molar-refractivity contribution in [1.82, 2.24) is 0 Å². The lowest BCUT2D eigenvalue weighted by molar-refractivity contribution is -0.137. The van der Waals surface area contributed by atoms with Crippen LogP contribution in [0.25, 0.3) is 0 Å². The molecule has 3 nitrogen and oxygen atoms in total. The molecule has 0 amide bonds. The SMILES string of the molecule is C=CC(=O)OCCC(=C)O. The predicted molar refractivity (Wildman–Crippen MR) is 37.5 cm³/mol. The Bertz CT molecular complexity index is 149. The Morgan fingerprint density at radius 2 is 2.30 bits per heavy atom. The van der Waals surface area contributed by atoms with Crippen molar-refractivity contribution in [3.63, 3.8) is 0 Å². The molecule has 1 N–H and O–H groups in total. The van der Waals surface area contributed by atoms with Crippen molar-refractivity contribution in [3.05, 3.63) is 25.0 Å². The molecule has 0 radical (unpaired) electrons. The Morgan fingerprint density at radius 1 is 1.70 bits per heavy atom. The van der Waals surface area contributed by atoms with E-state index >= 15 is 0 Å². The highest BCUT2D eigenvalue weighted by molar-refractivity contribution is 5.81. The molecule has 0 bridgehead atoms. The van der Waals surface area contributed by atoms with Gasteiger partial charge in [-0.3, -0.25) is 0 Å². The van der Waals surface area contributed by atoms with Crippen LogP contribution in [0.15, 0.2) is 25.0 Å². The number of ether oxygens (including phenoxy) is 1. The largest absolute Gasteiger partial charge is 0.513 e. The Labute approximate surface area is 59.6 Å². The molecule has 56 valence electrons. The Hall–Kier alpha value is -1.25. The summed E-state index contributed by atoms with van der Waals surface area (Å²) >= 11 is 0. The maximum Gasteiger partial charge on any atom is 0.330 e. The second kappa shape index (κ2) is 4.61. The van der Waals surface area contributed by atoms with Gasteiger partial charge < -0.3 is 9.84 Å². The molecule has 0 spiro atoms. The third kappa shape index (κ3) is 4.90. The van der Waals surface area contributed by atoms with E-state index in [0.717, 1.165) is 6.08 Å². The van der Waals surface area contributed by atoms with Gasteiger partial charge in [0.05, 0.1) is 12.4 Å². The highest BCUT2D eigenvalue weighted by atomic mass is 16.5. The van der Waals surface area contributed by atoms with Crippen molar-refractivity contribution in [2.45, 2.75) is 6.42 Å². The summed E-state index contributed by atoms with van der Waals surface area (Å²) in [4.78, 5) is 10.3. The molecule has 10 heavy (non-hydrogen) atoms. The molecule has 0 saturated heterocycles. The summed E-state index contributed by atoms with van der Waals surface area (Å²) in [6.45, 7) is 6.57. The monoisotopic (exact) mass is 142 g/mol. The molecule has 0 saturated carbocycles. The topological polar surface area (TPSA) is 46.5 Å². The molecule has 0 aromatic carbocycles. The van der Waals surface area contributed by atoms with E-state index in [4.69, 9.17) is 5.11 Å². The quantitative estimate of drug-likeness (QED) is 0.364. The smallest absolute Gasteiger partial charge is 0.330 e. The lowest BCUT2D eigenvalue weighted by atomic mass is 10.4. The zero-order chi connectivity index (χ0) is 7.98. The molecule has 0 atom stereocenters. The molecule has 0 unspecified atom stereocenters. The zero-order valence-electron chi connectivity index (χ0n) is 5.67. The normalized spacial score (nSPS) is 8.40. The van der Waals surface area contributed by atoms with Crippen LogP contribution in [0, 0.1) is 0 Å². The molecule has 0 aliphatic rings. The summed E-state index contributed by atoms with van der Waals surface area (Å²) in [7, 11) is 0. The summed E-state index contributed by atoms with van der Waals surface area (Å²) in [5, 5.41) is 8.53. The molecule has 0 aliphatic carbocycles. The number of hydrogen-bond donors (Lipinski definition) is 1. The maximum atomic E-state index is 10.3. The van der Waals surface area contributed by atoms with Crippen molar-refractivity contribution in [3.8, 4) is 0 Å². The van der Waals surface area contributed by atoms with E-state index in [0.29, 0.717) is 0 Å². The van der Waals surface area contributed by atoms with E-state index < -0.39 is 5.97 Å². The van der Waals surface area contributed by atoms with E-state index in [-0.39, 0.29) is 18.8 Å². The van der Waals surface area contributed by atoms with Gasteiger partial charge in [0, 0.05) is 12.5 Å². The average Bonchev–Trinajstić information content (AvgIpc) is 1.87. The fourth-order valence-corrected chi connectivity index (χ4v) is 0.328. The number of aliphatic hydroxyl groups excluding tert-OH is 1. The van der Waals surface area contributed by atoms with Crippen molar-refractivity contribution in [2.75, 3.05) is 6.61 Å². The number of rotatable bonds is 4. The van der Waals surface area contributed by atoms with Gasteiger partial charge in [-0.1, -0.05) is 13.2 Å². The van der Waals surface area contributed by atoms with Crippen molar-refractivity contribution < 1.29 is 14.6 Å². The van der Waals surface area contributed by atoms with Crippen molar-refractivity contribution in [2.24, 2.45) is 0 Å². The number of aliphatic hydroxyl groups is 1. The highest BCUT2D eigenvalue weighted by Crippen LogP contribution is 1.92. The number of carbonyl (C=O) groups excluding carboxylic acids is 1. The molecule has 0 aromatic heterocycles. The minimum absolute atomic E-state index is 0.0110. The van der Waals surface area contributed by atoms with E-state index in [1.54, 1.807) is 0 Å². The minimum atomic E-state index is -0.485. The first-order chi connectivity index (χ1) is 4.66. The van der Waals surface area contributed by atoms with Gasteiger partial charge in [-0.15, -0.1) is 0 Å². The summed E-state index contributed by atoms with van der Waals surface area (Å²) in [6.07, 6.45) is 1.35. The van der Waals surface area contributed by atoms with E-state index in [2.05, 4.69) is 17.9 Å². The lowest BCUT2D eigenvalue weighted by Crippen LogP contribution is -2.02. The van der Waals surface area contributed by atoms with Crippen LogP contribution in [-0.2, 0) is 9.53 Å². The van der Waals surface area contributed by atoms with Crippen LogP contribution >= 0.6 is 0 Å². The third-order valence-corrected chi connectivity index (χ3v) is 0.802. The first-order valence-electron chi connectivity index (χ1n) is 2.82. The van der Waals surface area contributed by atoms with Crippen molar-refractivity contribution >= 4 is 5.97 Å². The van der Waals surface area contributed by atoms with Gasteiger partial charge in [0.15, 0.2) is 0 Å². The van der Waals surface area contributed by atoms with Crippen LogP contribution in [0.3, 0.4) is 0 Å². The summed E-state index contributed by atoms with van der Waals surface area (Å²) in [6, 6.07) is 0. The van der Waals surface area contributed by atoms with E-state index in [1.165, 1.54) is 0 Å². The van der Waals surface area contributed by atoms with Gasteiger partial charge in [0.25, 0.3) is 0 Å². The molecule has 0 aliphatic heterocycles. The Kier molecular flexibility index (Phi) is 4.04. The lowest BCUT2D eigenvalue weighted by Gasteiger charge is -1.98. The van der Waals surface area contributed by atoms with Crippen LogP contribution < -0.4 is 0 Å². The molecule has 0 rings (SSSR count). The van der Waals surface area contributed by atoms with Crippen LogP contribution in [-0.4, -0.2) is 17.7 Å². The maximum absolute atomic E-state index is 10.3. The van der Waals surface area contributed by atoms with Gasteiger partial charge >= 0.3 is 5.97 Å². The zero-order valence-corrected chi connectivity index (χ0v) is 5.67. The fraction of sp³-hybridized carbons (Fsp3) is 0.286. The number of carbonyl (C=O) groups is 1. The predicted octanol–water partition coefficient (Wildman–Crippen LogP) is 1.18. The highest BCUT2D eigenvalue weighted by Gasteiger charge is 1.94. The Morgan fingerprint density at radius 3 is 2.70 bits per heavy atom. The standard InChI is InChI=1S/C7H10O3/c1-3-7(9)10-5-4-6(2)8/h3,8H,1-2,4-5H2. The van der Waals surface area contributed by atoms with Gasteiger partial charge in [-0.2, -0.15) is 0 Å². The summed E-state index contributed by atoms with van der Waals surface area (Å²) in [5.41, 5.74) is 0. The molecule has 0 fully saturated rings. The second-order valence-corrected chi connectivity index (χ2v) is 1.69. The first kappa shape index (κ1) is 8.75. The summed E-state index contributed by atoms with van der Waals surface area (Å²) < 4.78 is 4.52. The van der Waals surface area contributed by atoms with Crippen LogP contribution in [0.2, 0.25) is 0 Å². The average molecular weight is 142 g/mol. The van der Waals surface area contributed by atoms with Crippen molar-refractivity contribution in [1.29, 1.82) is 0 Å². The van der Waals surface area contributed by atoms with Crippen LogP contribution in [0.4, 0.5) is 0 Å². The van der Waals surface area contributed by atoms with Crippen LogP contribution in [0.1, 0.15) is 6.42 Å². The number of esters is 1. The first-order valence-corrected chi connectivity index (χ1v) is 2.82. The molecular formula is C7H10O3. The van der Waals surface area contributed by atoms with Gasteiger partial charge in [0.1, 0.15) is 0 Å². The summed E-state index contributed by atoms with van der Waals surface area (Å²) in [5.74, 6) is -0.474. The molecular weight excluding hydrogens is 132 g/mol.